The van der Waals surface area contributed by atoms with E-state index in [1.807, 2.05) is 18.6 Å². The van der Waals surface area contributed by atoms with E-state index in [-0.39, 0.29) is 17.4 Å². The minimum Gasteiger partial charge on any atom is -0.465 e. The molecule has 0 radical (unpaired) electrons. The van der Waals surface area contributed by atoms with Gasteiger partial charge in [-0.05, 0) is 24.8 Å². The van der Waals surface area contributed by atoms with Gasteiger partial charge in [0.25, 0.3) is 0 Å². The van der Waals surface area contributed by atoms with Crippen LogP contribution in [0.15, 0.2) is 36.8 Å². The van der Waals surface area contributed by atoms with Crippen molar-refractivity contribution in [3.63, 3.8) is 0 Å². The lowest BCUT2D eigenvalue weighted by molar-refractivity contribution is -0.155. The number of piperidine rings is 1. The summed E-state index contributed by atoms with van der Waals surface area (Å²) in [5, 5.41) is 20.2. The maximum atomic E-state index is 11.1. The summed E-state index contributed by atoms with van der Waals surface area (Å²) in [6, 6.07) is 8.50. The lowest BCUT2D eigenvalue weighted by Gasteiger charge is -2.57. The smallest absolute Gasteiger partial charge is 0.407 e. The number of benzene rings is 1. The van der Waals surface area contributed by atoms with Gasteiger partial charge in [-0.1, -0.05) is 24.3 Å². The standard InChI is InChI=1S/C19H21N3O3/c23-17-14(9-19(17)5-7-21(8-6-19)18(24)25)16-13-4-2-1-3-12(13)15-10-20-11-22(15)16/h1-4,10-11,14,16-17,23H,5-9H2,(H,24,25)/t14-,16+,17+/m0/s1. The predicted octanol–water partition coefficient (Wildman–Crippen LogP) is 2.59. The summed E-state index contributed by atoms with van der Waals surface area (Å²) >= 11 is 0. The lowest BCUT2D eigenvalue weighted by atomic mass is 9.53. The zero-order valence-electron chi connectivity index (χ0n) is 13.9. The van der Waals surface area contributed by atoms with E-state index in [0.29, 0.717) is 13.1 Å². The van der Waals surface area contributed by atoms with E-state index in [4.69, 9.17) is 5.11 Å². The van der Waals surface area contributed by atoms with Gasteiger partial charge in [-0.3, -0.25) is 0 Å². The molecule has 0 bridgehead atoms. The fourth-order valence-corrected chi connectivity index (χ4v) is 5.23. The molecule has 6 nitrogen and oxygen atoms in total. The Labute approximate surface area is 145 Å². The van der Waals surface area contributed by atoms with Crippen molar-refractivity contribution in [3.8, 4) is 11.3 Å². The first-order chi connectivity index (χ1) is 12.1. The number of aromatic nitrogens is 2. The zero-order chi connectivity index (χ0) is 17.2. The topological polar surface area (TPSA) is 78.6 Å². The molecule has 1 spiro atoms. The molecule has 1 amide bonds. The van der Waals surface area contributed by atoms with Crippen LogP contribution in [-0.2, 0) is 0 Å². The van der Waals surface area contributed by atoms with Gasteiger partial charge in [-0.25, -0.2) is 9.78 Å². The van der Waals surface area contributed by atoms with Crippen LogP contribution in [-0.4, -0.2) is 50.0 Å². The van der Waals surface area contributed by atoms with Crippen LogP contribution in [0, 0.1) is 11.3 Å². The molecule has 1 saturated heterocycles. The van der Waals surface area contributed by atoms with E-state index in [2.05, 4.69) is 27.8 Å². The average molecular weight is 339 g/mol. The van der Waals surface area contributed by atoms with Gasteiger partial charge in [0.2, 0.25) is 0 Å². The summed E-state index contributed by atoms with van der Waals surface area (Å²) in [5.41, 5.74) is 3.48. The van der Waals surface area contributed by atoms with E-state index >= 15 is 0 Å². The fraction of sp³-hybridized carbons (Fsp3) is 0.474. The molecule has 1 saturated carbocycles. The number of rotatable bonds is 1. The number of amides is 1. The third-order valence-electron chi connectivity index (χ3n) is 6.63. The monoisotopic (exact) mass is 339 g/mol. The number of aliphatic hydroxyl groups is 1. The summed E-state index contributed by atoms with van der Waals surface area (Å²) in [4.78, 5) is 16.9. The van der Waals surface area contributed by atoms with E-state index in [1.165, 1.54) is 16.0 Å². The second-order valence-electron chi connectivity index (χ2n) is 7.66. The van der Waals surface area contributed by atoms with Crippen LogP contribution in [0.5, 0.6) is 0 Å². The number of fused-ring (bicyclic) bond motifs is 3. The third kappa shape index (κ3) is 1.94. The fourth-order valence-electron chi connectivity index (χ4n) is 5.23. The molecule has 3 aliphatic rings. The van der Waals surface area contributed by atoms with E-state index in [0.717, 1.165) is 25.0 Å². The van der Waals surface area contributed by atoms with Crippen LogP contribution >= 0.6 is 0 Å². The first kappa shape index (κ1) is 15.0. The first-order valence-corrected chi connectivity index (χ1v) is 8.88. The lowest BCUT2D eigenvalue weighted by Crippen LogP contribution is -2.59. The molecule has 3 atom stereocenters. The van der Waals surface area contributed by atoms with Crippen molar-refractivity contribution < 1.29 is 15.0 Å². The van der Waals surface area contributed by atoms with Crippen molar-refractivity contribution >= 4 is 6.09 Å². The molecular formula is C19H21N3O3. The molecule has 25 heavy (non-hydrogen) atoms. The largest absolute Gasteiger partial charge is 0.465 e. The molecular weight excluding hydrogens is 318 g/mol. The number of hydrogen-bond acceptors (Lipinski definition) is 3. The predicted molar refractivity (Wildman–Crippen MR) is 91.2 cm³/mol. The average Bonchev–Trinajstić information content (AvgIpc) is 3.21. The van der Waals surface area contributed by atoms with E-state index in [9.17, 15) is 9.90 Å². The second-order valence-corrected chi connectivity index (χ2v) is 7.66. The molecule has 2 aliphatic heterocycles. The molecule has 1 aliphatic carbocycles. The quantitative estimate of drug-likeness (QED) is 0.837. The molecule has 2 aromatic rings. The number of carbonyl (C=O) groups is 1. The maximum Gasteiger partial charge on any atom is 0.407 e. The van der Waals surface area contributed by atoms with Crippen LogP contribution in [0.4, 0.5) is 4.79 Å². The Morgan fingerprint density at radius 2 is 2.00 bits per heavy atom. The number of aliphatic hydroxyl groups excluding tert-OH is 1. The highest BCUT2D eigenvalue weighted by molar-refractivity contribution is 5.69. The Morgan fingerprint density at radius 3 is 2.72 bits per heavy atom. The van der Waals surface area contributed by atoms with Crippen LogP contribution in [0.2, 0.25) is 0 Å². The van der Waals surface area contributed by atoms with Crippen molar-refractivity contribution in [3.05, 3.63) is 42.4 Å². The van der Waals surface area contributed by atoms with Crippen molar-refractivity contribution in [2.75, 3.05) is 13.1 Å². The first-order valence-electron chi connectivity index (χ1n) is 8.88. The number of nitrogens with zero attached hydrogens (tertiary/aromatic N) is 3. The summed E-state index contributed by atoms with van der Waals surface area (Å²) in [6.45, 7) is 1.05. The number of likely N-dealkylation sites (tertiary alicyclic amines) is 1. The Morgan fingerprint density at radius 1 is 1.24 bits per heavy atom. The van der Waals surface area contributed by atoms with Gasteiger partial charge in [-0.15, -0.1) is 0 Å². The number of hydrogen-bond donors (Lipinski definition) is 2. The Hall–Kier alpha value is -2.34. The molecule has 1 aromatic heterocycles. The van der Waals surface area contributed by atoms with Gasteiger partial charge in [0.15, 0.2) is 0 Å². The zero-order valence-corrected chi connectivity index (χ0v) is 13.9. The molecule has 0 unspecified atom stereocenters. The van der Waals surface area contributed by atoms with Crippen LogP contribution in [0.25, 0.3) is 11.3 Å². The highest BCUT2D eigenvalue weighted by atomic mass is 16.4. The minimum atomic E-state index is -0.854. The minimum absolute atomic E-state index is 0.116. The molecule has 1 aromatic carbocycles. The molecule has 2 fully saturated rings. The highest BCUT2D eigenvalue weighted by Gasteiger charge is 2.58. The molecule has 5 rings (SSSR count). The summed E-state index contributed by atoms with van der Waals surface area (Å²) in [6.07, 6.45) is 4.96. The van der Waals surface area contributed by atoms with Gasteiger partial charge in [0.1, 0.15) is 0 Å². The highest BCUT2D eigenvalue weighted by Crippen LogP contribution is 2.59. The normalized spacial score (nSPS) is 29.2. The number of carboxylic acid groups (broad SMARTS) is 1. The maximum absolute atomic E-state index is 11.1. The molecule has 6 heteroatoms. The van der Waals surface area contributed by atoms with Gasteiger partial charge >= 0.3 is 6.09 Å². The second kappa shape index (κ2) is 5.08. The Balaban J connectivity index is 1.41. The summed E-state index contributed by atoms with van der Waals surface area (Å²) in [7, 11) is 0. The van der Waals surface area contributed by atoms with Crippen LogP contribution < -0.4 is 0 Å². The van der Waals surface area contributed by atoms with Gasteiger partial charge in [0.05, 0.1) is 30.4 Å². The molecule has 3 heterocycles. The Bertz CT molecular complexity index is 838. The Kier molecular flexibility index (Phi) is 3.04. The van der Waals surface area contributed by atoms with Gasteiger partial charge in [0, 0.05) is 30.0 Å². The van der Waals surface area contributed by atoms with E-state index < -0.39 is 12.2 Å². The van der Waals surface area contributed by atoms with Gasteiger partial charge in [-0.2, -0.15) is 0 Å². The summed E-state index contributed by atoms with van der Waals surface area (Å²) < 4.78 is 2.19. The number of imidazole rings is 1. The summed E-state index contributed by atoms with van der Waals surface area (Å²) in [5.74, 6) is 0.160. The van der Waals surface area contributed by atoms with E-state index in [1.54, 1.807) is 0 Å². The van der Waals surface area contributed by atoms with Crippen molar-refractivity contribution in [2.24, 2.45) is 11.3 Å². The van der Waals surface area contributed by atoms with Crippen LogP contribution in [0.3, 0.4) is 0 Å². The molecule has 130 valence electrons. The van der Waals surface area contributed by atoms with Gasteiger partial charge < -0.3 is 19.7 Å². The van der Waals surface area contributed by atoms with Crippen molar-refractivity contribution in [2.45, 2.75) is 31.4 Å². The SMILES string of the molecule is O=C(O)N1CCC2(CC1)C[C@@H]([C@H]1c3ccccc3-c3cncn31)[C@H]2O. The van der Waals surface area contributed by atoms with Crippen molar-refractivity contribution in [1.29, 1.82) is 0 Å². The van der Waals surface area contributed by atoms with Crippen molar-refractivity contribution in [1.82, 2.24) is 14.5 Å². The third-order valence-corrected chi connectivity index (χ3v) is 6.63. The molecule has 2 N–H and O–H groups in total. The van der Waals surface area contributed by atoms with Crippen LogP contribution in [0.1, 0.15) is 30.9 Å².